The fourth-order valence-corrected chi connectivity index (χ4v) is 3.76. The summed E-state index contributed by atoms with van der Waals surface area (Å²) < 4.78 is 10.8. The van der Waals surface area contributed by atoms with Gasteiger partial charge < -0.3 is 19.5 Å². The van der Waals surface area contributed by atoms with Gasteiger partial charge in [-0.1, -0.05) is 28.9 Å². The van der Waals surface area contributed by atoms with E-state index in [0.29, 0.717) is 29.7 Å². The lowest BCUT2D eigenvalue weighted by Crippen LogP contribution is -2.40. The Balaban J connectivity index is 1.27. The second-order valence-corrected chi connectivity index (χ2v) is 7.41. The van der Waals surface area contributed by atoms with Crippen molar-refractivity contribution in [3.63, 3.8) is 0 Å². The Hall–Kier alpha value is -2.12. The molecule has 0 aliphatic carbocycles. The lowest BCUT2D eigenvalue weighted by molar-refractivity contribution is 0.152. The number of rotatable bonds is 4. The standard InChI is InChI=1S/C18H21ClN4O3/c19-14-3-1-2-13(10-14)16-21-15(26-22-16)4-7-20-17(24)23-8-5-18(11-23)6-9-25-12-18/h1-3,10H,4-9,11-12H2,(H,20,24). The van der Waals surface area contributed by atoms with Gasteiger partial charge in [-0.15, -0.1) is 0 Å². The first-order valence-electron chi connectivity index (χ1n) is 8.83. The van der Waals surface area contributed by atoms with Crippen LogP contribution < -0.4 is 5.32 Å². The highest BCUT2D eigenvalue weighted by Crippen LogP contribution is 2.38. The number of benzene rings is 1. The Morgan fingerprint density at radius 2 is 2.31 bits per heavy atom. The molecule has 2 saturated heterocycles. The van der Waals surface area contributed by atoms with E-state index in [2.05, 4.69) is 15.5 Å². The summed E-state index contributed by atoms with van der Waals surface area (Å²) in [6.45, 7) is 3.59. The predicted octanol–water partition coefficient (Wildman–Crippen LogP) is 2.75. The Morgan fingerprint density at radius 1 is 1.38 bits per heavy atom. The number of nitrogens with one attached hydrogen (secondary N) is 1. The van der Waals surface area contributed by atoms with E-state index in [-0.39, 0.29) is 11.4 Å². The van der Waals surface area contributed by atoms with Crippen molar-refractivity contribution in [2.24, 2.45) is 5.41 Å². The third-order valence-electron chi connectivity index (χ3n) is 5.08. The number of aromatic nitrogens is 2. The van der Waals surface area contributed by atoms with Gasteiger partial charge in [-0.25, -0.2) is 4.79 Å². The van der Waals surface area contributed by atoms with Crippen LogP contribution in [0.5, 0.6) is 0 Å². The van der Waals surface area contributed by atoms with Gasteiger partial charge in [0.25, 0.3) is 0 Å². The second kappa shape index (κ2) is 7.25. The van der Waals surface area contributed by atoms with Gasteiger partial charge in [-0.3, -0.25) is 0 Å². The quantitative estimate of drug-likeness (QED) is 0.887. The van der Waals surface area contributed by atoms with Gasteiger partial charge in [0.05, 0.1) is 6.61 Å². The first kappa shape index (κ1) is 17.3. The number of amides is 2. The maximum atomic E-state index is 12.3. The summed E-state index contributed by atoms with van der Waals surface area (Å²) in [5.74, 6) is 0.985. The number of urea groups is 1. The average molecular weight is 377 g/mol. The van der Waals surface area contributed by atoms with Gasteiger partial charge in [0, 0.05) is 48.7 Å². The molecule has 2 fully saturated rings. The van der Waals surface area contributed by atoms with Gasteiger partial charge >= 0.3 is 6.03 Å². The van der Waals surface area contributed by atoms with Crippen LogP contribution in [-0.2, 0) is 11.2 Å². The number of carbonyl (C=O) groups excluding carboxylic acids is 1. The molecule has 0 radical (unpaired) electrons. The van der Waals surface area contributed by atoms with E-state index < -0.39 is 0 Å². The third-order valence-corrected chi connectivity index (χ3v) is 5.31. The maximum Gasteiger partial charge on any atom is 0.317 e. The van der Waals surface area contributed by atoms with Gasteiger partial charge in [0.15, 0.2) is 0 Å². The maximum absolute atomic E-state index is 12.3. The number of hydrogen-bond donors (Lipinski definition) is 1. The zero-order valence-electron chi connectivity index (χ0n) is 14.4. The number of nitrogens with zero attached hydrogens (tertiary/aromatic N) is 3. The van der Waals surface area contributed by atoms with E-state index in [9.17, 15) is 4.79 Å². The minimum absolute atomic E-state index is 0.0386. The molecular formula is C18H21ClN4O3. The Labute approximate surface area is 156 Å². The van der Waals surface area contributed by atoms with Gasteiger partial charge in [-0.05, 0) is 25.0 Å². The van der Waals surface area contributed by atoms with Crippen LogP contribution in [0.15, 0.2) is 28.8 Å². The minimum atomic E-state index is -0.0386. The highest BCUT2D eigenvalue weighted by Gasteiger charge is 2.42. The predicted molar refractivity (Wildman–Crippen MR) is 95.9 cm³/mol. The number of halogens is 1. The SMILES string of the molecule is O=C(NCCc1nc(-c2cccc(Cl)c2)no1)N1CCC2(CCOC2)C1. The van der Waals surface area contributed by atoms with E-state index in [0.717, 1.165) is 44.7 Å². The summed E-state index contributed by atoms with van der Waals surface area (Å²) in [5, 5.41) is 7.53. The van der Waals surface area contributed by atoms with Crippen molar-refractivity contribution >= 4 is 17.6 Å². The molecule has 8 heteroatoms. The van der Waals surface area contributed by atoms with E-state index in [4.69, 9.17) is 20.9 Å². The fourth-order valence-electron chi connectivity index (χ4n) is 3.57. The molecule has 1 atom stereocenters. The first-order chi connectivity index (χ1) is 12.6. The largest absolute Gasteiger partial charge is 0.381 e. The van der Waals surface area contributed by atoms with E-state index in [1.165, 1.54) is 0 Å². The van der Waals surface area contributed by atoms with Crippen molar-refractivity contribution in [3.05, 3.63) is 35.2 Å². The molecule has 1 N–H and O–H groups in total. The molecule has 138 valence electrons. The van der Waals surface area contributed by atoms with Crippen molar-refractivity contribution < 1.29 is 14.1 Å². The smallest absolute Gasteiger partial charge is 0.317 e. The van der Waals surface area contributed by atoms with Crippen molar-refractivity contribution in [3.8, 4) is 11.4 Å². The average Bonchev–Trinajstić information content (AvgIpc) is 3.38. The summed E-state index contributed by atoms with van der Waals surface area (Å²) >= 11 is 5.98. The Bertz CT molecular complexity index is 788. The van der Waals surface area contributed by atoms with Crippen LogP contribution in [-0.4, -0.2) is 53.9 Å². The van der Waals surface area contributed by atoms with Crippen LogP contribution >= 0.6 is 11.6 Å². The van der Waals surface area contributed by atoms with Gasteiger partial charge in [0.1, 0.15) is 0 Å². The molecule has 1 unspecified atom stereocenters. The van der Waals surface area contributed by atoms with E-state index in [1.807, 2.05) is 17.0 Å². The van der Waals surface area contributed by atoms with Gasteiger partial charge in [-0.2, -0.15) is 4.98 Å². The van der Waals surface area contributed by atoms with Crippen molar-refractivity contribution in [2.45, 2.75) is 19.3 Å². The van der Waals surface area contributed by atoms with Crippen molar-refractivity contribution in [1.29, 1.82) is 0 Å². The van der Waals surface area contributed by atoms with E-state index in [1.54, 1.807) is 12.1 Å². The van der Waals surface area contributed by atoms with Crippen molar-refractivity contribution in [2.75, 3.05) is 32.8 Å². The van der Waals surface area contributed by atoms with Crippen LogP contribution in [0.25, 0.3) is 11.4 Å². The number of likely N-dealkylation sites (tertiary alicyclic amines) is 1. The summed E-state index contributed by atoms with van der Waals surface area (Å²) in [4.78, 5) is 18.6. The molecule has 7 nitrogen and oxygen atoms in total. The number of carbonyl (C=O) groups is 1. The molecule has 4 rings (SSSR count). The normalized spacial score (nSPS) is 22.3. The second-order valence-electron chi connectivity index (χ2n) is 6.98. The Kier molecular flexibility index (Phi) is 4.82. The Morgan fingerprint density at radius 3 is 3.12 bits per heavy atom. The molecule has 26 heavy (non-hydrogen) atoms. The van der Waals surface area contributed by atoms with Crippen LogP contribution in [0.3, 0.4) is 0 Å². The van der Waals surface area contributed by atoms with Crippen LogP contribution in [0.4, 0.5) is 4.79 Å². The summed E-state index contributed by atoms with van der Waals surface area (Å²) in [6, 6.07) is 7.25. The molecule has 1 spiro atoms. The lowest BCUT2D eigenvalue weighted by Gasteiger charge is -2.22. The zero-order valence-corrected chi connectivity index (χ0v) is 15.2. The molecule has 2 amide bonds. The summed E-state index contributed by atoms with van der Waals surface area (Å²) in [7, 11) is 0. The highest BCUT2D eigenvalue weighted by molar-refractivity contribution is 6.30. The van der Waals surface area contributed by atoms with E-state index >= 15 is 0 Å². The lowest BCUT2D eigenvalue weighted by atomic mass is 9.87. The molecule has 2 aliphatic rings. The highest BCUT2D eigenvalue weighted by atomic mass is 35.5. The molecule has 3 heterocycles. The zero-order chi connectivity index (χ0) is 18.0. The summed E-state index contributed by atoms with van der Waals surface area (Å²) in [5.41, 5.74) is 0.980. The van der Waals surface area contributed by atoms with Crippen LogP contribution in [0.2, 0.25) is 5.02 Å². The number of ether oxygens (including phenoxy) is 1. The van der Waals surface area contributed by atoms with Crippen molar-refractivity contribution in [1.82, 2.24) is 20.4 Å². The molecule has 2 aliphatic heterocycles. The molecular weight excluding hydrogens is 356 g/mol. The molecule has 1 aromatic heterocycles. The molecule has 2 aromatic rings. The third kappa shape index (κ3) is 3.68. The van der Waals surface area contributed by atoms with Crippen LogP contribution in [0.1, 0.15) is 18.7 Å². The number of hydrogen-bond acceptors (Lipinski definition) is 5. The fraction of sp³-hybridized carbons (Fsp3) is 0.500. The minimum Gasteiger partial charge on any atom is -0.381 e. The molecule has 1 aromatic carbocycles. The monoisotopic (exact) mass is 376 g/mol. The van der Waals surface area contributed by atoms with Crippen LogP contribution in [0, 0.1) is 5.41 Å². The summed E-state index contributed by atoms with van der Waals surface area (Å²) in [6.07, 6.45) is 2.56. The molecule has 0 bridgehead atoms. The van der Waals surface area contributed by atoms with Gasteiger partial charge in [0.2, 0.25) is 11.7 Å². The topological polar surface area (TPSA) is 80.5 Å². The molecule has 0 saturated carbocycles. The first-order valence-corrected chi connectivity index (χ1v) is 9.20.